The predicted molar refractivity (Wildman–Crippen MR) is 147 cm³/mol. The fraction of sp³-hybridized carbons (Fsp3) is 0.531. The summed E-state index contributed by atoms with van der Waals surface area (Å²) in [7, 11) is 0. The van der Waals surface area contributed by atoms with Crippen molar-refractivity contribution >= 4 is 0 Å². The zero-order valence-electron chi connectivity index (χ0n) is 22.7. The highest BCUT2D eigenvalue weighted by Crippen LogP contribution is 2.41. The molecule has 1 saturated heterocycles. The van der Waals surface area contributed by atoms with Gasteiger partial charge in [-0.3, -0.25) is 4.68 Å². The van der Waals surface area contributed by atoms with E-state index in [-0.39, 0.29) is 5.82 Å². The quantitative estimate of drug-likeness (QED) is 0.375. The van der Waals surface area contributed by atoms with E-state index in [1.807, 2.05) is 32.0 Å². The zero-order chi connectivity index (χ0) is 26.0. The van der Waals surface area contributed by atoms with Crippen LogP contribution in [-0.4, -0.2) is 39.4 Å². The van der Waals surface area contributed by atoms with E-state index in [4.69, 9.17) is 5.10 Å². The van der Waals surface area contributed by atoms with Gasteiger partial charge in [0.25, 0.3) is 0 Å². The Morgan fingerprint density at radius 1 is 1.00 bits per heavy atom. The third kappa shape index (κ3) is 6.15. The Hall–Kier alpha value is -2.50. The van der Waals surface area contributed by atoms with Crippen LogP contribution in [-0.2, 0) is 18.6 Å². The first-order valence-electron chi connectivity index (χ1n) is 14.2. The topological polar surface area (TPSA) is 41.3 Å². The van der Waals surface area contributed by atoms with Gasteiger partial charge >= 0.3 is 0 Å². The van der Waals surface area contributed by atoms with Crippen molar-refractivity contribution in [2.75, 3.05) is 19.6 Å². The summed E-state index contributed by atoms with van der Waals surface area (Å²) < 4.78 is 16.0. The Balaban J connectivity index is 1.19. The molecule has 2 aliphatic rings. The van der Waals surface area contributed by atoms with Gasteiger partial charge in [0, 0.05) is 31.1 Å². The molecule has 0 amide bonds. The summed E-state index contributed by atoms with van der Waals surface area (Å²) in [6.45, 7) is 10.1. The number of likely N-dealkylation sites (tertiary alicyclic amines) is 1. The van der Waals surface area contributed by atoms with Crippen molar-refractivity contribution in [1.29, 1.82) is 0 Å². The van der Waals surface area contributed by atoms with Crippen molar-refractivity contribution < 1.29 is 9.50 Å². The van der Waals surface area contributed by atoms with Crippen LogP contribution in [0.25, 0.3) is 0 Å². The summed E-state index contributed by atoms with van der Waals surface area (Å²) in [6, 6.07) is 17.9. The lowest BCUT2D eigenvalue weighted by atomic mass is 9.87. The molecule has 1 N–H and O–H groups in total. The van der Waals surface area contributed by atoms with Crippen LogP contribution >= 0.6 is 0 Å². The number of aliphatic hydroxyl groups is 1. The minimum atomic E-state index is -0.817. The highest BCUT2D eigenvalue weighted by Gasteiger charge is 2.32. The Morgan fingerprint density at radius 2 is 1.76 bits per heavy atom. The third-order valence-corrected chi connectivity index (χ3v) is 8.64. The Kier molecular flexibility index (Phi) is 7.83. The van der Waals surface area contributed by atoms with Gasteiger partial charge in [0.1, 0.15) is 5.82 Å². The van der Waals surface area contributed by atoms with E-state index in [1.54, 1.807) is 12.1 Å². The summed E-state index contributed by atoms with van der Waals surface area (Å²) >= 11 is 0. The normalized spacial score (nSPS) is 21.5. The van der Waals surface area contributed by atoms with Crippen molar-refractivity contribution in [2.24, 2.45) is 5.92 Å². The van der Waals surface area contributed by atoms with Crippen LogP contribution < -0.4 is 0 Å². The van der Waals surface area contributed by atoms with Crippen LogP contribution in [0.4, 0.5) is 4.39 Å². The summed E-state index contributed by atoms with van der Waals surface area (Å²) in [5, 5.41) is 15.2. The maximum Gasteiger partial charge on any atom is 0.123 e. The number of rotatable bonds is 8. The summed E-state index contributed by atoms with van der Waals surface area (Å²) in [5.74, 6) is 1.57. The number of halogens is 1. The van der Waals surface area contributed by atoms with E-state index in [0.717, 1.165) is 43.9 Å². The van der Waals surface area contributed by atoms with Gasteiger partial charge in [-0.15, -0.1) is 0 Å². The lowest BCUT2D eigenvalue weighted by molar-refractivity contribution is 0.0786. The molecule has 37 heavy (non-hydrogen) atoms. The van der Waals surface area contributed by atoms with Crippen LogP contribution in [0.3, 0.4) is 0 Å². The molecule has 198 valence electrons. The maximum atomic E-state index is 13.8. The number of aromatic nitrogens is 2. The number of nitrogens with zero attached hydrogens (tertiary/aromatic N) is 3. The van der Waals surface area contributed by atoms with Crippen molar-refractivity contribution in [3.05, 3.63) is 88.5 Å². The highest BCUT2D eigenvalue weighted by atomic mass is 19.1. The molecular weight excluding hydrogens is 461 g/mol. The Morgan fingerprint density at radius 3 is 2.43 bits per heavy atom. The van der Waals surface area contributed by atoms with Crippen LogP contribution in [0.1, 0.15) is 92.8 Å². The molecule has 0 radical (unpaired) electrons. The second-order valence-electron chi connectivity index (χ2n) is 11.7. The van der Waals surface area contributed by atoms with Gasteiger partial charge in [0.05, 0.1) is 11.3 Å². The Labute approximate surface area is 221 Å². The van der Waals surface area contributed by atoms with Crippen molar-refractivity contribution in [2.45, 2.75) is 83.3 Å². The number of aryl methyl sites for hydroxylation is 1. The largest absolute Gasteiger partial charge is 0.386 e. The predicted octanol–water partition coefficient (Wildman–Crippen LogP) is 6.62. The first-order valence-corrected chi connectivity index (χ1v) is 14.2. The van der Waals surface area contributed by atoms with E-state index in [9.17, 15) is 9.50 Å². The molecule has 1 aliphatic heterocycles. The fourth-order valence-corrected chi connectivity index (χ4v) is 6.57. The zero-order valence-corrected chi connectivity index (χ0v) is 22.7. The van der Waals surface area contributed by atoms with E-state index in [1.165, 1.54) is 48.9 Å². The van der Waals surface area contributed by atoms with Gasteiger partial charge in [-0.1, -0.05) is 42.8 Å². The molecule has 2 aromatic carbocycles. The van der Waals surface area contributed by atoms with Crippen molar-refractivity contribution in [3.63, 3.8) is 0 Å². The number of hydrogen-bond acceptors (Lipinski definition) is 3. The van der Waals surface area contributed by atoms with Gasteiger partial charge in [0.2, 0.25) is 0 Å². The monoisotopic (exact) mass is 503 g/mol. The minimum absolute atomic E-state index is 0.109. The number of hydrogen-bond donors (Lipinski definition) is 1. The van der Waals surface area contributed by atoms with Crippen molar-refractivity contribution in [1.82, 2.24) is 14.7 Å². The molecule has 0 spiro atoms. The standard InChI is InChI=1S/C32H42FN3O/c1-4-36-31(21-29(34-36)19-23-11-13-27(14-12-23)32(2,3)37)24-15-17-35(18-16-24)22-26-8-6-10-30(26)25-7-5-9-28(33)20-25/h5,7,9,11-14,20-21,24,26,30,37H,4,6,8,10,15-19,22H2,1-3H3/t26?,30-/m1/s1. The summed E-state index contributed by atoms with van der Waals surface area (Å²) in [5.41, 5.74) is 5.03. The van der Waals surface area contributed by atoms with Gasteiger partial charge in [0.15, 0.2) is 0 Å². The molecule has 2 fully saturated rings. The van der Waals surface area contributed by atoms with Gasteiger partial charge in [-0.25, -0.2) is 4.39 Å². The molecule has 2 atom stereocenters. The number of piperidine rings is 1. The SMILES string of the molecule is CCn1nc(Cc2ccc(C(C)(C)O)cc2)cc1C1CCN(CC2CCC[C@@H]2c2cccc(F)c2)CC1. The van der Waals surface area contributed by atoms with E-state index in [0.29, 0.717) is 17.8 Å². The van der Waals surface area contributed by atoms with Crippen LogP contribution in [0.15, 0.2) is 54.6 Å². The molecule has 1 saturated carbocycles. The molecule has 0 bridgehead atoms. The molecule has 1 unspecified atom stereocenters. The molecule has 1 aromatic heterocycles. The van der Waals surface area contributed by atoms with Crippen molar-refractivity contribution in [3.8, 4) is 0 Å². The molecule has 3 aromatic rings. The van der Waals surface area contributed by atoms with Crippen LogP contribution in [0.2, 0.25) is 0 Å². The van der Waals surface area contributed by atoms with E-state index >= 15 is 0 Å². The summed E-state index contributed by atoms with van der Waals surface area (Å²) in [6.07, 6.45) is 6.84. The average Bonchev–Trinajstić information content (AvgIpc) is 3.51. The highest BCUT2D eigenvalue weighted by molar-refractivity contribution is 5.30. The molecule has 4 nitrogen and oxygen atoms in total. The molecule has 5 heteroatoms. The summed E-state index contributed by atoms with van der Waals surface area (Å²) in [4.78, 5) is 2.65. The van der Waals surface area contributed by atoms with E-state index < -0.39 is 5.60 Å². The first-order chi connectivity index (χ1) is 17.8. The minimum Gasteiger partial charge on any atom is -0.386 e. The molecule has 1 aliphatic carbocycles. The first kappa shape index (κ1) is 26.1. The van der Waals surface area contributed by atoms with Gasteiger partial charge in [-0.05, 0) is 106 Å². The van der Waals surface area contributed by atoms with Crippen LogP contribution in [0, 0.1) is 11.7 Å². The lowest BCUT2D eigenvalue weighted by Crippen LogP contribution is -2.37. The lowest BCUT2D eigenvalue weighted by Gasteiger charge is -2.35. The molecule has 5 rings (SSSR count). The Bertz CT molecular complexity index is 1170. The smallest absolute Gasteiger partial charge is 0.123 e. The van der Waals surface area contributed by atoms with Gasteiger partial charge in [-0.2, -0.15) is 5.10 Å². The second kappa shape index (κ2) is 11.1. The third-order valence-electron chi connectivity index (χ3n) is 8.64. The van der Waals surface area contributed by atoms with Gasteiger partial charge < -0.3 is 10.0 Å². The fourth-order valence-electron chi connectivity index (χ4n) is 6.57. The second-order valence-corrected chi connectivity index (χ2v) is 11.7. The van der Waals surface area contributed by atoms with E-state index in [2.05, 4.69) is 40.8 Å². The number of benzene rings is 2. The molecular formula is C32H42FN3O. The van der Waals surface area contributed by atoms with Crippen LogP contribution in [0.5, 0.6) is 0 Å². The maximum absolute atomic E-state index is 13.8. The molecule has 2 heterocycles. The average molecular weight is 504 g/mol.